The molecule has 2 aromatic rings. The minimum absolute atomic E-state index is 0.0832. The van der Waals surface area contributed by atoms with Crippen molar-refractivity contribution in [1.82, 2.24) is 14.8 Å². The number of ether oxygens (including phenoxy) is 1. The maximum atomic E-state index is 12.9. The lowest BCUT2D eigenvalue weighted by Gasteiger charge is -2.36. The molecule has 0 bridgehead atoms. The van der Waals surface area contributed by atoms with Crippen LogP contribution in [0.2, 0.25) is 0 Å². The van der Waals surface area contributed by atoms with E-state index in [4.69, 9.17) is 4.74 Å². The van der Waals surface area contributed by atoms with Gasteiger partial charge in [0.05, 0.1) is 23.8 Å². The van der Waals surface area contributed by atoms with Crippen LogP contribution in [-0.4, -0.2) is 53.3 Å². The number of hydrogen-bond donors (Lipinski definition) is 1. The fourth-order valence-corrected chi connectivity index (χ4v) is 4.27. The third-order valence-electron chi connectivity index (χ3n) is 5.92. The van der Waals surface area contributed by atoms with E-state index in [0.717, 1.165) is 37.0 Å². The Hall–Kier alpha value is -2.18. The van der Waals surface area contributed by atoms with Crippen molar-refractivity contribution in [3.05, 3.63) is 46.2 Å². The smallest absolute Gasteiger partial charge is 0.252 e. The number of amides is 1. The zero-order valence-corrected chi connectivity index (χ0v) is 16.1. The van der Waals surface area contributed by atoms with Crippen LogP contribution >= 0.6 is 0 Å². The van der Waals surface area contributed by atoms with Crippen molar-refractivity contribution in [3.63, 3.8) is 0 Å². The molecule has 2 aliphatic heterocycles. The van der Waals surface area contributed by atoms with Gasteiger partial charge in [-0.25, -0.2) is 0 Å². The van der Waals surface area contributed by atoms with Crippen molar-refractivity contribution in [2.75, 3.05) is 19.7 Å². The Kier molecular flexibility index (Phi) is 4.78. The highest BCUT2D eigenvalue weighted by atomic mass is 16.5. The molecule has 0 radical (unpaired) electrons. The van der Waals surface area contributed by atoms with Crippen LogP contribution in [0, 0.1) is 5.92 Å². The molecule has 0 aliphatic carbocycles. The molecule has 3 atom stereocenters. The number of para-hydroxylation sites is 1. The molecule has 27 heavy (non-hydrogen) atoms. The number of nitrogens with one attached hydrogen (secondary N) is 1. The monoisotopic (exact) mass is 369 g/mol. The molecule has 0 saturated carbocycles. The largest absolute Gasteiger partial charge is 0.375 e. The fourth-order valence-electron chi connectivity index (χ4n) is 4.27. The molecule has 0 spiro atoms. The number of pyridine rings is 1. The van der Waals surface area contributed by atoms with Crippen LogP contribution < -0.4 is 10.9 Å². The van der Waals surface area contributed by atoms with Crippen molar-refractivity contribution in [2.45, 2.75) is 38.5 Å². The summed E-state index contributed by atoms with van der Waals surface area (Å²) in [7, 11) is 1.73. The average Bonchev–Trinajstić information content (AvgIpc) is 3.05. The van der Waals surface area contributed by atoms with E-state index in [-0.39, 0.29) is 23.6 Å². The Labute approximate surface area is 159 Å². The lowest BCUT2D eigenvalue weighted by molar-refractivity contribution is -0.0683. The third-order valence-corrected chi connectivity index (χ3v) is 5.92. The molecule has 2 saturated heterocycles. The number of hydrogen-bond acceptors (Lipinski definition) is 4. The Morgan fingerprint density at radius 3 is 2.81 bits per heavy atom. The van der Waals surface area contributed by atoms with Crippen LogP contribution in [0.3, 0.4) is 0 Å². The molecule has 1 aromatic heterocycles. The molecular formula is C21H27N3O3. The molecule has 2 fully saturated rings. The van der Waals surface area contributed by atoms with Crippen molar-refractivity contribution >= 4 is 16.8 Å². The summed E-state index contributed by atoms with van der Waals surface area (Å²) in [6.07, 6.45) is 1.15. The van der Waals surface area contributed by atoms with Crippen molar-refractivity contribution < 1.29 is 9.53 Å². The van der Waals surface area contributed by atoms with E-state index in [1.165, 1.54) is 6.07 Å². The summed E-state index contributed by atoms with van der Waals surface area (Å²) < 4.78 is 7.55. The molecule has 6 nitrogen and oxygen atoms in total. The zero-order valence-electron chi connectivity index (χ0n) is 16.1. The summed E-state index contributed by atoms with van der Waals surface area (Å²) >= 11 is 0. The molecule has 6 heteroatoms. The Morgan fingerprint density at radius 2 is 2.04 bits per heavy atom. The van der Waals surface area contributed by atoms with Crippen LogP contribution in [0.1, 0.15) is 30.6 Å². The number of aromatic nitrogens is 1. The van der Waals surface area contributed by atoms with E-state index < -0.39 is 0 Å². The summed E-state index contributed by atoms with van der Waals surface area (Å²) in [4.78, 5) is 27.6. The topological polar surface area (TPSA) is 63.6 Å². The van der Waals surface area contributed by atoms with Crippen LogP contribution in [0.15, 0.2) is 35.1 Å². The van der Waals surface area contributed by atoms with Gasteiger partial charge >= 0.3 is 0 Å². The first-order chi connectivity index (χ1) is 12.9. The predicted octanol–water partition coefficient (Wildman–Crippen LogP) is 1.77. The van der Waals surface area contributed by atoms with Gasteiger partial charge in [-0.05, 0) is 18.4 Å². The van der Waals surface area contributed by atoms with E-state index in [9.17, 15) is 9.59 Å². The quantitative estimate of drug-likeness (QED) is 0.896. The summed E-state index contributed by atoms with van der Waals surface area (Å²) in [5.41, 5.74) is 1.05. The van der Waals surface area contributed by atoms with Gasteiger partial charge in [-0.15, -0.1) is 0 Å². The van der Waals surface area contributed by atoms with Gasteiger partial charge in [-0.2, -0.15) is 0 Å². The number of carbonyl (C=O) groups is 1. The normalized spacial score (nSPS) is 25.7. The summed E-state index contributed by atoms with van der Waals surface area (Å²) in [6, 6.07) is 9.42. The number of aryl methyl sites for hydroxylation is 1. The first kappa shape index (κ1) is 18.2. The lowest BCUT2D eigenvalue weighted by Crippen LogP contribution is -2.48. The van der Waals surface area contributed by atoms with E-state index in [0.29, 0.717) is 17.5 Å². The highest BCUT2D eigenvalue weighted by molar-refractivity contribution is 6.06. The Bertz CT molecular complexity index is 921. The molecule has 144 valence electrons. The maximum Gasteiger partial charge on any atom is 0.252 e. The van der Waals surface area contributed by atoms with E-state index >= 15 is 0 Å². The van der Waals surface area contributed by atoms with Gasteiger partial charge in [0.1, 0.15) is 0 Å². The molecule has 0 unspecified atom stereocenters. The van der Waals surface area contributed by atoms with Crippen LogP contribution in [0.5, 0.6) is 0 Å². The van der Waals surface area contributed by atoms with Crippen LogP contribution in [-0.2, 0) is 11.8 Å². The number of morpholine rings is 1. The fraction of sp³-hybridized carbons (Fsp3) is 0.524. The second kappa shape index (κ2) is 7.09. The minimum atomic E-state index is -0.171. The van der Waals surface area contributed by atoms with E-state index in [1.54, 1.807) is 11.6 Å². The standard InChI is InChI=1S/C21H27N3O3/c1-13(2)19-11-24-10-14(8-15(24)12-27-19)22-21(26)17-9-20(25)23(3)18-7-5-4-6-16(17)18/h4-7,9,13-15,19H,8,10-12H2,1-3H3,(H,22,26)/t14-,15+,19-/m1/s1. The SMILES string of the molecule is CC(C)[C@H]1CN2C[C@H](NC(=O)c3cc(=O)n(C)c4ccccc34)C[C@H]2CO1. The van der Waals surface area contributed by atoms with Crippen molar-refractivity contribution in [1.29, 1.82) is 0 Å². The van der Waals surface area contributed by atoms with Crippen molar-refractivity contribution in [3.8, 4) is 0 Å². The molecule has 1 amide bonds. The van der Waals surface area contributed by atoms with Gasteiger partial charge in [-0.3, -0.25) is 14.5 Å². The Morgan fingerprint density at radius 1 is 1.26 bits per heavy atom. The highest BCUT2D eigenvalue weighted by Gasteiger charge is 2.38. The maximum absolute atomic E-state index is 12.9. The van der Waals surface area contributed by atoms with Gasteiger partial charge in [0, 0.05) is 43.7 Å². The molecule has 1 aromatic carbocycles. The van der Waals surface area contributed by atoms with Gasteiger partial charge < -0.3 is 14.6 Å². The molecule has 3 heterocycles. The van der Waals surface area contributed by atoms with Crippen LogP contribution in [0.4, 0.5) is 0 Å². The van der Waals surface area contributed by atoms with Crippen molar-refractivity contribution in [2.24, 2.45) is 13.0 Å². The summed E-state index contributed by atoms with van der Waals surface area (Å²) in [5.74, 6) is 0.321. The molecular weight excluding hydrogens is 342 g/mol. The number of benzene rings is 1. The number of rotatable bonds is 3. The van der Waals surface area contributed by atoms with E-state index in [2.05, 4.69) is 24.1 Å². The van der Waals surface area contributed by atoms with Gasteiger partial charge in [-0.1, -0.05) is 32.0 Å². The minimum Gasteiger partial charge on any atom is -0.375 e. The molecule has 2 aliphatic rings. The third kappa shape index (κ3) is 3.39. The Balaban J connectivity index is 1.52. The first-order valence-corrected chi connectivity index (χ1v) is 9.69. The first-order valence-electron chi connectivity index (χ1n) is 9.69. The summed E-state index contributed by atoms with van der Waals surface area (Å²) in [6.45, 7) is 6.85. The van der Waals surface area contributed by atoms with Gasteiger partial charge in [0.15, 0.2) is 0 Å². The second-order valence-electron chi connectivity index (χ2n) is 8.10. The number of nitrogens with zero attached hydrogens (tertiary/aromatic N) is 2. The van der Waals surface area contributed by atoms with E-state index in [1.807, 2.05) is 24.3 Å². The number of fused-ring (bicyclic) bond motifs is 2. The van der Waals surface area contributed by atoms with Gasteiger partial charge in [0.25, 0.3) is 11.5 Å². The molecule has 1 N–H and O–H groups in total. The average molecular weight is 369 g/mol. The lowest BCUT2D eigenvalue weighted by atomic mass is 10.0. The van der Waals surface area contributed by atoms with Gasteiger partial charge in [0.2, 0.25) is 0 Å². The molecule has 4 rings (SSSR count). The number of carbonyl (C=O) groups excluding carboxylic acids is 1. The summed E-state index contributed by atoms with van der Waals surface area (Å²) in [5, 5.41) is 3.95. The second-order valence-corrected chi connectivity index (χ2v) is 8.10. The van der Waals surface area contributed by atoms with Crippen LogP contribution in [0.25, 0.3) is 10.9 Å². The highest BCUT2D eigenvalue weighted by Crippen LogP contribution is 2.26. The zero-order chi connectivity index (χ0) is 19.1. The predicted molar refractivity (Wildman–Crippen MR) is 105 cm³/mol.